The molecule has 0 aliphatic heterocycles. The maximum absolute atomic E-state index is 12.3. The van der Waals surface area contributed by atoms with Gasteiger partial charge in [-0.3, -0.25) is 9.59 Å². The van der Waals surface area contributed by atoms with Crippen molar-refractivity contribution in [3.05, 3.63) is 109 Å². The predicted octanol–water partition coefficient (Wildman–Crippen LogP) is 20.9. The lowest BCUT2D eigenvalue weighted by molar-refractivity contribution is -0.161. The van der Waals surface area contributed by atoms with Crippen LogP contribution in [0.2, 0.25) is 0 Å². The minimum Gasteiger partial charge on any atom is -0.462 e. The van der Waals surface area contributed by atoms with Gasteiger partial charge in [-0.2, -0.15) is 0 Å². The summed E-state index contributed by atoms with van der Waals surface area (Å²) in [5.41, 5.74) is 0. The van der Waals surface area contributed by atoms with Gasteiger partial charge < -0.3 is 14.6 Å². The topological polar surface area (TPSA) is 72.8 Å². The molecule has 0 aliphatic carbocycles. The SMILES string of the molecule is CC/C=C\C/C=C\C/C=C\C/C=C\C/C=C\CCCCCCCCCCCCCCCCCC(=O)OC(CO)COC(=O)CCCCCCCCCCCCCCCC/C=C\C/C=C\C/C=C\C/C=C\CC. The quantitative estimate of drug-likeness (QED) is 0.0373. The fourth-order valence-corrected chi connectivity index (χ4v) is 8.58. The number of ether oxygens (including phenoxy) is 2. The Morgan fingerprint density at radius 1 is 0.319 bits per heavy atom. The van der Waals surface area contributed by atoms with Gasteiger partial charge in [-0.25, -0.2) is 0 Å². The molecular formula is C67H114O5. The van der Waals surface area contributed by atoms with E-state index in [9.17, 15) is 14.7 Å². The molecule has 5 heteroatoms. The average Bonchev–Trinajstić information content (AvgIpc) is 3.38. The fraction of sp³-hybridized carbons (Fsp3) is 0.701. The number of allylic oxidation sites excluding steroid dienone is 18. The molecule has 0 saturated heterocycles. The molecule has 412 valence electrons. The van der Waals surface area contributed by atoms with Crippen molar-refractivity contribution in [2.45, 2.75) is 290 Å². The Balaban J connectivity index is 3.48. The third-order valence-electron chi connectivity index (χ3n) is 13.1. The van der Waals surface area contributed by atoms with Crippen molar-refractivity contribution in [2.24, 2.45) is 0 Å². The summed E-state index contributed by atoms with van der Waals surface area (Å²) in [4.78, 5) is 24.6. The van der Waals surface area contributed by atoms with Crippen LogP contribution in [0.4, 0.5) is 0 Å². The summed E-state index contributed by atoms with van der Waals surface area (Å²) in [6.07, 6.45) is 89.3. The molecule has 0 saturated carbocycles. The molecule has 1 atom stereocenters. The first-order valence-electron chi connectivity index (χ1n) is 30.4. The van der Waals surface area contributed by atoms with E-state index in [2.05, 4.69) is 123 Å². The lowest BCUT2D eigenvalue weighted by Crippen LogP contribution is -2.28. The van der Waals surface area contributed by atoms with Crippen molar-refractivity contribution in [1.29, 1.82) is 0 Å². The van der Waals surface area contributed by atoms with Gasteiger partial charge in [0.2, 0.25) is 0 Å². The lowest BCUT2D eigenvalue weighted by Gasteiger charge is -2.15. The monoisotopic (exact) mass is 999 g/mol. The highest BCUT2D eigenvalue weighted by atomic mass is 16.6. The van der Waals surface area contributed by atoms with Crippen LogP contribution in [0.25, 0.3) is 0 Å². The molecule has 0 aromatic heterocycles. The summed E-state index contributed by atoms with van der Waals surface area (Å²) in [7, 11) is 0. The number of hydrogen-bond donors (Lipinski definition) is 1. The molecule has 0 aromatic rings. The Bertz CT molecular complexity index is 1410. The summed E-state index contributed by atoms with van der Waals surface area (Å²) in [6, 6.07) is 0. The summed E-state index contributed by atoms with van der Waals surface area (Å²) in [5, 5.41) is 9.68. The highest BCUT2D eigenvalue weighted by molar-refractivity contribution is 5.70. The lowest BCUT2D eigenvalue weighted by atomic mass is 10.0. The van der Waals surface area contributed by atoms with Gasteiger partial charge in [0, 0.05) is 12.8 Å². The van der Waals surface area contributed by atoms with Gasteiger partial charge in [0.15, 0.2) is 6.10 Å². The second-order valence-electron chi connectivity index (χ2n) is 20.0. The first-order chi connectivity index (χ1) is 35.6. The van der Waals surface area contributed by atoms with E-state index in [1.165, 1.54) is 161 Å². The molecule has 0 aliphatic rings. The van der Waals surface area contributed by atoms with Crippen molar-refractivity contribution >= 4 is 11.9 Å². The van der Waals surface area contributed by atoms with Crippen LogP contribution in [0, 0.1) is 0 Å². The summed E-state index contributed by atoms with van der Waals surface area (Å²) < 4.78 is 10.7. The molecule has 0 rings (SSSR count). The van der Waals surface area contributed by atoms with Crippen molar-refractivity contribution < 1.29 is 24.2 Å². The van der Waals surface area contributed by atoms with E-state index >= 15 is 0 Å². The molecule has 0 spiro atoms. The maximum Gasteiger partial charge on any atom is 0.306 e. The minimum atomic E-state index is -0.778. The number of esters is 2. The summed E-state index contributed by atoms with van der Waals surface area (Å²) in [5.74, 6) is -0.586. The standard InChI is InChI=1S/C67H114O5/c1-3-5-7-9-11-13-15-17-19-21-23-25-27-29-31-32-33-34-36-38-40-42-44-46-48-50-52-54-56-58-60-62-67(70)72-65(63-68)64-71-66(69)61-59-57-55-53-51-49-47-45-43-41-39-37-35-30-28-26-24-22-20-18-16-14-12-10-8-6-4-2/h5-8,11-14,17-20,23-26,29,31,65,68H,3-4,9-10,15-16,21-22,27-28,30,32-64H2,1-2H3/b7-5-,8-6-,13-11-,14-12-,19-17-,20-18-,25-23-,26-24-,31-29-. The number of carbonyl (C=O) groups is 2. The molecule has 0 fully saturated rings. The van der Waals surface area contributed by atoms with Crippen molar-refractivity contribution in [3.63, 3.8) is 0 Å². The zero-order valence-corrected chi connectivity index (χ0v) is 47.2. The number of hydrogen-bond acceptors (Lipinski definition) is 5. The fourth-order valence-electron chi connectivity index (χ4n) is 8.58. The van der Waals surface area contributed by atoms with Crippen LogP contribution in [0.15, 0.2) is 109 Å². The van der Waals surface area contributed by atoms with E-state index in [0.29, 0.717) is 12.8 Å². The first kappa shape index (κ1) is 68.6. The molecule has 72 heavy (non-hydrogen) atoms. The Hall–Kier alpha value is -3.44. The van der Waals surface area contributed by atoms with Gasteiger partial charge in [-0.15, -0.1) is 0 Å². The van der Waals surface area contributed by atoms with E-state index < -0.39 is 6.10 Å². The average molecular weight is 1000 g/mol. The first-order valence-corrected chi connectivity index (χ1v) is 30.4. The third-order valence-corrected chi connectivity index (χ3v) is 13.1. The summed E-state index contributed by atoms with van der Waals surface area (Å²) >= 11 is 0. The smallest absolute Gasteiger partial charge is 0.306 e. The van der Waals surface area contributed by atoms with E-state index in [1.807, 2.05) is 0 Å². The van der Waals surface area contributed by atoms with Crippen LogP contribution in [0.5, 0.6) is 0 Å². The Morgan fingerprint density at radius 2 is 0.556 bits per heavy atom. The van der Waals surface area contributed by atoms with Crippen LogP contribution in [-0.2, 0) is 19.1 Å². The number of aliphatic hydroxyl groups excluding tert-OH is 1. The van der Waals surface area contributed by atoms with Crippen LogP contribution in [0.3, 0.4) is 0 Å². The van der Waals surface area contributed by atoms with Crippen molar-refractivity contribution in [3.8, 4) is 0 Å². The largest absolute Gasteiger partial charge is 0.462 e. The van der Waals surface area contributed by atoms with Crippen molar-refractivity contribution in [1.82, 2.24) is 0 Å². The van der Waals surface area contributed by atoms with E-state index in [-0.39, 0.29) is 25.2 Å². The van der Waals surface area contributed by atoms with Gasteiger partial charge in [0.1, 0.15) is 6.61 Å². The Labute approximate surface area is 446 Å². The van der Waals surface area contributed by atoms with Crippen LogP contribution in [-0.4, -0.2) is 36.4 Å². The molecule has 5 nitrogen and oxygen atoms in total. The normalized spacial score (nSPS) is 13.0. The highest BCUT2D eigenvalue weighted by Crippen LogP contribution is 2.17. The van der Waals surface area contributed by atoms with Gasteiger partial charge in [-0.1, -0.05) is 284 Å². The second-order valence-corrected chi connectivity index (χ2v) is 20.0. The van der Waals surface area contributed by atoms with E-state index in [4.69, 9.17) is 9.47 Å². The third kappa shape index (κ3) is 59.1. The summed E-state index contributed by atoms with van der Waals surface area (Å²) in [6.45, 7) is 3.94. The molecule has 0 aromatic carbocycles. The Kier molecular flexibility index (Phi) is 58.9. The molecule has 0 amide bonds. The number of rotatable bonds is 55. The van der Waals surface area contributed by atoms with Gasteiger partial charge in [0.05, 0.1) is 6.61 Å². The predicted molar refractivity (Wildman–Crippen MR) is 315 cm³/mol. The molecular weight excluding hydrogens is 885 g/mol. The van der Waals surface area contributed by atoms with Gasteiger partial charge in [-0.05, 0) is 96.3 Å². The number of unbranched alkanes of at least 4 members (excludes halogenated alkanes) is 29. The van der Waals surface area contributed by atoms with E-state index in [0.717, 1.165) is 96.3 Å². The highest BCUT2D eigenvalue weighted by Gasteiger charge is 2.16. The van der Waals surface area contributed by atoms with E-state index in [1.54, 1.807) is 0 Å². The van der Waals surface area contributed by atoms with Crippen molar-refractivity contribution in [2.75, 3.05) is 13.2 Å². The zero-order chi connectivity index (χ0) is 52.0. The molecule has 1 unspecified atom stereocenters. The van der Waals surface area contributed by atoms with Gasteiger partial charge >= 0.3 is 11.9 Å². The molecule has 1 N–H and O–H groups in total. The molecule has 0 heterocycles. The van der Waals surface area contributed by atoms with Gasteiger partial charge in [0.25, 0.3) is 0 Å². The number of carbonyl (C=O) groups excluding carboxylic acids is 2. The minimum absolute atomic E-state index is 0.0687. The van der Waals surface area contributed by atoms with Crippen LogP contribution < -0.4 is 0 Å². The van der Waals surface area contributed by atoms with Crippen LogP contribution >= 0.6 is 0 Å². The zero-order valence-electron chi connectivity index (χ0n) is 47.2. The maximum atomic E-state index is 12.3. The number of aliphatic hydroxyl groups is 1. The Morgan fingerprint density at radius 3 is 0.833 bits per heavy atom. The molecule has 0 bridgehead atoms. The van der Waals surface area contributed by atoms with Crippen LogP contribution in [0.1, 0.15) is 284 Å². The molecule has 0 radical (unpaired) electrons. The second kappa shape index (κ2) is 61.9.